The minimum atomic E-state index is -0.0608. The number of hydrogen-bond acceptors (Lipinski definition) is 4. The molecular formula is C17H19N5O2. The number of nitrogens with zero attached hydrogens (tertiary/aromatic N) is 4. The van der Waals surface area contributed by atoms with Crippen molar-refractivity contribution in [3.8, 4) is 0 Å². The highest BCUT2D eigenvalue weighted by molar-refractivity contribution is 5.95. The molecule has 0 aromatic carbocycles. The van der Waals surface area contributed by atoms with Crippen molar-refractivity contribution in [2.24, 2.45) is 7.05 Å². The number of imidazole rings is 2. The summed E-state index contributed by atoms with van der Waals surface area (Å²) in [5, 5.41) is 3.13. The van der Waals surface area contributed by atoms with Gasteiger partial charge in [0.2, 0.25) is 0 Å². The van der Waals surface area contributed by atoms with Crippen molar-refractivity contribution < 1.29 is 9.53 Å². The summed E-state index contributed by atoms with van der Waals surface area (Å²) in [7, 11) is 1.95. The van der Waals surface area contributed by atoms with Gasteiger partial charge in [-0.05, 0) is 25.0 Å². The second kappa shape index (κ2) is 6.09. The molecule has 0 aliphatic carbocycles. The van der Waals surface area contributed by atoms with Gasteiger partial charge in [0.1, 0.15) is 6.10 Å². The van der Waals surface area contributed by atoms with E-state index in [9.17, 15) is 4.79 Å². The van der Waals surface area contributed by atoms with Crippen molar-refractivity contribution in [3.63, 3.8) is 0 Å². The molecule has 4 heterocycles. The quantitative estimate of drug-likeness (QED) is 0.796. The smallest absolute Gasteiger partial charge is 0.251 e. The van der Waals surface area contributed by atoms with Gasteiger partial charge in [-0.15, -0.1) is 0 Å². The molecule has 0 unspecified atom stereocenters. The third-order valence-electron chi connectivity index (χ3n) is 4.48. The van der Waals surface area contributed by atoms with Crippen LogP contribution in [0.4, 0.5) is 0 Å². The van der Waals surface area contributed by atoms with Gasteiger partial charge in [0.15, 0.2) is 0 Å². The third-order valence-corrected chi connectivity index (χ3v) is 4.48. The standard InChI is InChI=1S/C17H19N5O2/c1-21-10-19-9-15(21)16-7-13(3-5-24-16)20-17(23)12-2-4-22-11-18-8-14(22)6-12/h2,4,6,8-11,13,16H,3,5,7H2,1H3,(H,20,23)/t13-,16-/m0/s1. The van der Waals surface area contributed by atoms with E-state index in [-0.39, 0.29) is 18.1 Å². The van der Waals surface area contributed by atoms with Crippen LogP contribution >= 0.6 is 0 Å². The summed E-state index contributed by atoms with van der Waals surface area (Å²) < 4.78 is 9.68. The van der Waals surface area contributed by atoms with Crippen LogP contribution in [0.15, 0.2) is 43.4 Å². The van der Waals surface area contributed by atoms with E-state index in [1.807, 2.05) is 40.5 Å². The van der Waals surface area contributed by atoms with Crippen LogP contribution in [0.3, 0.4) is 0 Å². The Balaban J connectivity index is 1.46. The summed E-state index contributed by atoms with van der Waals surface area (Å²) in [4.78, 5) is 20.8. The highest BCUT2D eigenvalue weighted by Gasteiger charge is 2.27. The second-order valence-electron chi connectivity index (χ2n) is 6.12. The van der Waals surface area contributed by atoms with Crippen LogP contribution in [-0.2, 0) is 11.8 Å². The van der Waals surface area contributed by atoms with E-state index in [4.69, 9.17) is 4.74 Å². The summed E-state index contributed by atoms with van der Waals surface area (Å²) in [6.07, 6.45) is 10.4. The number of fused-ring (bicyclic) bond motifs is 1. The number of nitrogens with one attached hydrogen (secondary N) is 1. The maximum absolute atomic E-state index is 12.5. The van der Waals surface area contributed by atoms with Crippen LogP contribution in [0.1, 0.15) is 35.0 Å². The van der Waals surface area contributed by atoms with Gasteiger partial charge in [-0.3, -0.25) is 4.79 Å². The molecule has 3 aromatic rings. The lowest BCUT2D eigenvalue weighted by Gasteiger charge is -2.30. The van der Waals surface area contributed by atoms with Crippen LogP contribution in [-0.4, -0.2) is 37.5 Å². The molecule has 0 bridgehead atoms. The maximum atomic E-state index is 12.5. The first-order valence-corrected chi connectivity index (χ1v) is 8.01. The highest BCUT2D eigenvalue weighted by Crippen LogP contribution is 2.27. The van der Waals surface area contributed by atoms with Crippen molar-refractivity contribution >= 4 is 11.4 Å². The first-order chi connectivity index (χ1) is 11.7. The summed E-state index contributed by atoms with van der Waals surface area (Å²) in [6, 6.07) is 3.75. The van der Waals surface area contributed by atoms with Gasteiger partial charge in [-0.2, -0.15) is 0 Å². The predicted molar refractivity (Wildman–Crippen MR) is 87.6 cm³/mol. The maximum Gasteiger partial charge on any atom is 0.251 e. The van der Waals surface area contributed by atoms with Gasteiger partial charge < -0.3 is 19.0 Å². The molecule has 0 saturated carbocycles. The number of hydrogen-bond donors (Lipinski definition) is 1. The topological polar surface area (TPSA) is 73.5 Å². The first kappa shape index (κ1) is 14.9. The lowest BCUT2D eigenvalue weighted by molar-refractivity contribution is -0.00301. The van der Waals surface area contributed by atoms with Gasteiger partial charge >= 0.3 is 0 Å². The summed E-state index contributed by atoms with van der Waals surface area (Å²) in [5.41, 5.74) is 2.59. The molecule has 1 amide bonds. The molecule has 7 nitrogen and oxygen atoms in total. The van der Waals surface area contributed by atoms with Crippen LogP contribution in [0, 0.1) is 0 Å². The van der Waals surface area contributed by atoms with Crippen molar-refractivity contribution in [2.75, 3.05) is 6.61 Å². The first-order valence-electron chi connectivity index (χ1n) is 8.01. The molecule has 3 aromatic heterocycles. The number of ether oxygens (including phenoxy) is 1. The van der Waals surface area contributed by atoms with Gasteiger partial charge in [-0.25, -0.2) is 9.97 Å². The van der Waals surface area contributed by atoms with E-state index in [0.29, 0.717) is 12.2 Å². The largest absolute Gasteiger partial charge is 0.372 e. The minimum Gasteiger partial charge on any atom is -0.372 e. The molecule has 24 heavy (non-hydrogen) atoms. The van der Waals surface area contributed by atoms with E-state index in [1.54, 1.807) is 18.9 Å². The average Bonchev–Trinajstić information content (AvgIpc) is 3.22. The van der Waals surface area contributed by atoms with Crippen LogP contribution in [0.2, 0.25) is 0 Å². The normalized spacial score (nSPS) is 21.0. The molecule has 124 valence electrons. The molecule has 4 rings (SSSR count). The Morgan fingerprint density at radius 2 is 2.21 bits per heavy atom. The molecule has 7 heteroatoms. The zero-order valence-corrected chi connectivity index (χ0v) is 13.4. The summed E-state index contributed by atoms with van der Waals surface area (Å²) in [6.45, 7) is 0.627. The van der Waals surface area contributed by atoms with E-state index in [1.165, 1.54) is 0 Å². The van der Waals surface area contributed by atoms with Crippen molar-refractivity contribution in [1.82, 2.24) is 24.3 Å². The van der Waals surface area contributed by atoms with Gasteiger partial charge in [0.05, 0.1) is 36.3 Å². The predicted octanol–water partition coefficient (Wildman–Crippen LogP) is 1.72. The Kier molecular flexibility index (Phi) is 3.78. The molecule has 1 fully saturated rings. The van der Waals surface area contributed by atoms with Crippen LogP contribution in [0.5, 0.6) is 0 Å². The fourth-order valence-corrected chi connectivity index (χ4v) is 3.14. The van der Waals surface area contributed by atoms with Crippen molar-refractivity contribution in [3.05, 3.63) is 54.6 Å². The number of amides is 1. The molecular weight excluding hydrogens is 306 g/mol. The lowest BCUT2D eigenvalue weighted by Crippen LogP contribution is -2.40. The number of aryl methyl sites for hydroxylation is 1. The Morgan fingerprint density at radius 1 is 1.33 bits per heavy atom. The Morgan fingerprint density at radius 3 is 3.04 bits per heavy atom. The van der Waals surface area contributed by atoms with Gasteiger partial charge in [-0.1, -0.05) is 0 Å². The monoisotopic (exact) mass is 325 g/mol. The zero-order valence-electron chi connectivity index (χ0n) is 13.4. The molecule has 1 saturated heterocycles. The van der Waals surface area contributed by atoms with Gasteiger partial charge in [0.25, 0.3) is 5.91 Å². The summed E-state index contributed by atoms with van der Waals surface area (Å²) in [5.74, 6) is -0.0608. The SMILES string of the molecule is Cn1cncc1[C@@H]1C[C@@H](NC(=O)c2ccn3cncc3c2)CCO1. The Labute approximate surface area is 139 Å². The van der Waals surface area contributed by atoms with E-state index in [0.717, 1.165) is 24.1 Å². The number of aromatic nitrogens is 4. The summed E-state index contributed by atoms with van der Waals surface area (Å²) >= 11 is 0. The van der Waals surface area contributed by atoms with E-state index >= 15 is 0 Å². The second-order valence-corrected chi connectivity index (χ2v) is 6.12. The zero-order chi connectivity index (χ0) is 16.5. The fraction of sp³-hybridized carbons (Fsp3) is 0.353. The Hall–Kier alpha value is -2.67. The number of rotatable bonds is 3. The Bertz CT molecular complexity index is 869. The van der Waals surface area contributed by atoms with Crippen LogP contribution in [0.25, 0.3) is 5.52 Å². The number of carbonyl (C=O) groups excluding carboxylic acids is 1. The molecule has 1 aliphatic rings. The lowest BCUT2D eigenvalue weighted by atomic mass is 10.0. The van der Waals surface area contributed by atoms with Crippen molar-refractivity contribution in [1.29, 1.82) is 0 Å². The average molecular weight is 325 g/mol. The van der Waals surface area contributed by atoms with E-state index in [2.05, 4.69) is 15.3 Å². The molecule has 2 atom stereocenters. The number of carbonyl (C=O) groups is 1. The third kappa shape index (κ3) is 2.78. The van der Waals surface area contributed by atoms with E-state index < -0.39 is 0 Å². The molecule has 0 spiro atoms. The highest BCUT2D eigenvalue weighted by atomic mass is 16.5. The molecule has 1 N–H and O–H groups in total. The molecule has 1 aliphatic heterocycles. The van der Waals surface area contributed by atoms with Crippen LogP contribution < -0.4 is 5.32 Å². The minimum absolute atomic E-state index is 0.0335. The number of pyridine rings is 1. The van der Waals surface area contributed by atoms with Crippen molar-refractivity contribution in [2.45, 2.75) is 25.0 Å². The fourth-order valence-electron chi connectivity index (χ4n) is 3.14. The molecule has 0 radical (unpaired) electrons. The van der Waals surface area contributed by atoms with Gasteiger partial charge in [0, 0.05) is 31.5 Å².